The van der Waals surface area contributed by atoms with Crippen LogP contribution < -0.4 is 5.32 Å². The molecule has 1 saturated heterocycles. The van der Waals surface area contributed by atoms with Crippen LogP contribution in [0.2, 0.25) is 5.02 Å². The molecular formula is C12H14ClNS. The summed E-state index contributed by atoms with van der Waals surface area (Å²) in [4.78, 5) is 1.30. The zero-order chi connectivity index (χ0) is 10.3. The number of rotatable bonds is 0. The molecule has 1 fully saturated rings. The summed E-state index contributed by atoms with van der Waals surface area (Å²) >= 11 is 8.15. The van der Waals surface area contributed by atoms with Gasteiger partial charge in [-0.05, 0) is 36.9 Å². The van der Waals surface area contributed by atoms with Gasteiger partial charge < -0.3 is 5.32 Å². The summed E-state index contributed by atoms with van der Waals surface area (Å²) in [6.07, 6.45) is 2.67. The van der Waals surface area contributed by atoms with Gasteiger partial charge in [-0.2, -0.15) is 0 Å². The third-order valence-electron chi connectivity index (χ3n) is 3.36. The van der Waals surface area contributed by atoms with Crippen LogP contribution in [0.4, 0.5) is 0 Å². The van der Waals surface area contributed by atoms with Gasteiger partial charge in [-0.15, -0.1) is 11.8 Å². The van der Waals surface area contributed by atoms with Gasteiger partial charge in [0.05, 0.1) is 5.02 Å². The SMILES string of the molecule is Clc1cccc2c1SCC1CCCNC21. The maximum absolute atomic E-state index is 6.22. The molecule has 0 spiro atoms. The third-order valence-corrected chi connectivity index (χ3v) is 5.13. The Bertz CT molecular complexity index is 380. The van der Waals surface area contributed by atoms with Crippen molar-refractivity contribution in [2.75, 3.05) is 12.3 Å². The number of hydrogen-bond donors (Lipinski definition) is 1. The number of benzene rings is 1. The summed E-state index contributed by atoms with van der Waals surface area (Å²) < 4.78 is 0. The molecule has 3 heteroatoms. The van der Waals surface area contributed by atoms with E-state index < -0.39 is 0 Å². The van der Waals surface area contributed by atoms with Crippen LogP contribution in [0.15, 0.2) is 23.1 Å². The van der Waals surface area contributed by atoms with Gasteiger partial charge in [0.1, 0.15) is 0 Å². The van der Waals surface area contributed by atoms with Crippen LogP contribution >= 0.6 is 23.4 Å². The predicted octanol–water partition coefficient (Wildman–Crippen LogP) is 3.49. The van der Waals surface area contributed by atoms with Crippen molar-refractivity contribution in [2.45, 2.75) is 23.8 Å². The largest absolute Gasteiger partial charge is 0.310 e. The molecule has 80 valence electrons. The highest BCUT2D eigenvalue weighted by Crippen LogP contribution is 2.45. The maximum Gasteiger partial charge on any atom is 0.0545 e. The molecule has 0 saturated carbocycles. The number of nitrogens with one attached hydrogen (secondary N) is 1. The van der Waals surface area contributed by atoms with Crippen LogP contribution in [0.1, 0.15) is 24.4 Å². The van der Waals surface area contributed by atoms with E-state index in [2.05, 4.69) is 17.4 Å². The molecule has 2 heterocycles. The molecule has 2 unspecified atom stereocenters. The van der Waals surface area contributed by atoms with E-state index >= 15 is 0 Å². The maximum atomic E-state index is 6.22. The van der Waals surface area contributed by atoms with Gasteiger partial charge in [-0.1, -0.05) is 23.7 Å². The second-order valence-corrected chi connectivity index (χ2v) is 5.74. The molecule has 2 aliphatic heterocycles. The molecule has 0 radical (unpaired) electrons. The van der Waals surface area contributed by atoms with E-state index in [9.17, 15) is 0 Å². The van der Waals surface area contributed by atoms with E-state index in [1.165, 1.54) is 29.1 Å². The van der Waals surface area contributed by atoms with Gasteiger partial charge in [0.2, 0.25) is 0 Å². The summed E-state index contributed by atoms with van der Waals surface area (Å²) in [6.45, 7) is 1.15. The zero-order valence-corrected chi connectivity index (χ0v) is 10.1. The van der Waals surface area contributed by atoms with Crippen molar-refractivity contribution in [3.05, 3.63) is 28.8 Å². The summed E-state index contributed by atoms with van der Waals surface area (Å²) in [5.74, 6) is 2.02. The fourth-order valence-corrected chi connectivity index (χ4v) is 4.26. The molecule has 1 nitrogen and oxygen atoms in total. The lowest BCUT2D eigenvalue weighted by Gasteiger charge is -2.37. The fourth-order valence-electron chi connectivity index (χ4n) is 2.61. The summed E-state index contributed by atoms with van der Waals surface area (Å²) in [5, 5.41) is 4.55. The molecule has 1 aromatic carbocycles. The average molecular weight is 240 g/mol. The third kappa shape index (κ3) is 1.69. The second-order valence-electron chi connectivity index (χ2n) is 4.30. The van der Waals surface area contributed by atoms with Crippen LogP contribution in [-0.2, 0) is 0 Å². The molecule has 1 aromatic rings. The van der Waals surface area contributed by atoms with Crippen LogP contribution in [-0.4, -0.2) is 12.3 Å². The smallest absolute Gasteiger partial charge is 0.0545 e. The lowest BCUT2D eigenvalue weighted by Crippen LogP contribution is -2.37. The Kier molecular flexibility index (Phi) is 2.67. The first-order valence-electron chi connectivity index (χ1n) is 5.51. The first-order chi connectivity index (χ1) is 7.36. The highest BCUT2D eigenvalue weighted by molar-refractivity contribution is 7.99. The van der Waals surface area contributed by atoms with Gasteiger partial charge in [-0.25, -0.2) is 0 Å². The van der Waals surface area contributed by atoms with E-state index in [1.54, 1.807) is 0 Å². The molecule has 2 atom stereocenters. The van der Waals surface area contributed by atoms with Crippen LogP contribution in [0.25, 0.3) is 0 Å². The molecule has 0 amide bonds. The zero-order valence-electron chi connectivity index (χ0n) is 8.50. The van der Waals surface area contributed by atoms with Gasteiger partial charge in [-0.3, -0.25) is 0 Å². The lowest BCUT2D eigenvalue weighted by molar-refractivity contribution is 0.303. The lowest BCUT2D eigenvalue weighted by atomic mass is 9.87. The minimum atomic E-state index is 0.550. The monoisotopic (exact) mass is 239 g/mol. The highest BCUT2D eigenvalue weighted by Gasteiger charge is 2.32. The van der Waals surface area contributed by atoms with Crippen molar-refractivity contribution in [2.24, 2.45) is 5.92 Å². The number of thioether (sulfide) groups is 1. The van der Waals surface area contributed by atoms with Crippen molar-refractivity contribution in [3.63, 3.8) is 0 Å². The van der Waals surface area contributed by atoms with E-state index in [-0.39, 0.29) is 0 Å². The molecule has 3 rings (SSSR count). The van der Waals surface area contributed by atoms with Crippen molar-refractivity contribution in [3.8, 4) is 0 Å². The topological polar surface area (TPSA) is 12.0 Å². The molecular weight excluding hydrogens is 226 g/mol. The van der Waals surface area contributed by atoms with Crippen molar-refractivity contribution in [1.29, 1.82) is 0 Å². The standard InChI is InChI=1S/C12H14ClNS/c13-10-5-1-4-9-11-8(3-2-6-14-11)7-15-12(9)10/h1,4-5,8,11,14H,2-3,6-7H2. The fraction of sp³-hybridized carbons (Fsp3) is 0.500. The average Bonchev–Trinajstić information content (AvgIpc) is 2.29. The second kappa shape index (κ2) is 4.00. The molecule has 0 aliphatic carbocycles. The Balaban J connectivity index is 2.03. The van der Waals surface area contributed by atoms with Crippen LogP contribution in [0, 0.1) is 5.92 Å². The summed E-state index contributed by atoms with van der Waals surface area (Å²) in [6, 6.07) is 6.84. The minimum Gasteiger partial charge on any atom is -0.310 e. The molecule has 0 bridgehead atoms. The predicted molar refractivity (Wildman–Crippen MR) is 65.6 cm³/mol. The van der Waals surface area contributed by atoms with Crippen LogP contribution in [0.5, 0.6) is 0 Å². The number of piperidine rings is 1. The van der Waals surface area contributed by atoms with Crippen LogP contribution in [0.3, 0.4) is 0 Å². The molecule has 2 aliphatic rings. The minimum absolute atomic E-state index is 0.550. The summed E-state index contributed by atoms with van der Waals surface area (Å²) in [7, 11) is 0. The normalized spacial score (nSPS) is 29.4. The Morgan fingerprint density at radius 1 is 1.40 bits per heavy atom. The van der Waals surface area contributed by atoms with E-state index in [1.807, 2.05) is 17.8 Å². The number of fused-ring (bicyclic) bond motifs is 3. The quantitative estimate of drug-likeness (QED) is 0.744. The van der Waals surface area contributed by atoms with Gasteiger partial charge >= 0.3 is 0 Å². The Morgan fingerprint density at radius 3 is 3.27 bits per heavy atom. The first-order valence-corrected chi connectivity index (χ1v) is 6.87. The molecule has 1 N–H and O–H groups in total. The molecule has 0 aromatic heterocycles. The highest BCUT2D eigenvalue weighted by atomic mass is 35.5. The number of halogens is 1. The van der Waals surface area contributed by atoms with E-state index in [4.69, 9.17) is 11.6 Å². The van der Waals surface area contributed by atoms with Crippen molar-refractivity contribution < 1.29 is 0 Å². The van der Waals surface area contributed by atoms with Gasteiger partial charge in [0, 0.05) is 16.7 Å². The van der Waals surface area contributed by atoms with E-state index in [0.717, 1.165) is 17.5 Å². The first kappa shape index (κ1) is 10.0. The Morgan fingerprint density at radius 2 is 2.33 bits per heavy atom. The summed E-state index contributed by atoms with van der Waals surface area (Å²) in [5.41, 5.74) is 1.42. The Labute approximate surface area is 99.6 Å². The number of hydrogen-bond acceptors (Lipinski definition) is 2. The van der Waals surface area contributed by atoms with Crippen molar-refractivity contribution in [1.82, 2.24) is 5.32 Å². The molecule has 15 heavy (non-hydrogen) atoms. The Hall–Kier alpha value is -0.180. The van der Waals surface area contributed by atoms with Gasteiger partial charge in [0.15, 0.2) is 0 Å². The van der Waals surface area contributed by atoms with Gasteiger partial charge in [0.25, 0.3) is 0 Å². The van der Waals surface area contributed by atoms with Crippen molar-refractivity contribution >= 4 is 23.4 Å². The van der Waals surface area contributed by atoms with E-state index in [0.29, 0.717) is 6.04 Å².